The van der Waals surface area contributed by atoms with Crippen LogP contribution in [0.4, 0.5) is 14.9 Å². The van der Waals surface area contributed by atoms with Crippen LogP contribution in [-0.4, -0.2) is 43.0 Å². The van der Waals surface area contributed by atoms with Crippen molar-refractivity contribution in [3.8, 4) is 0 Å². The van der Waals surface area contributed by atoms with E-state index in [0.717, 1.165) is 16.6 Å². The van der Waals surface area contributed by atoms with Crippen molar-refractivity contribution < 1.29 is 9.18 Å². The van der Waals surface area contributed by atoms with Gasteiger partial charge in [-0.2, -0.15) is 0 Å². The molecule has 0 heterocycles. The Morgan fingerprint density at radius 3 is 2.25 bits per heavy atom. The van der Waals surface area contributed by atoms with E-state index in [9.17, 15) is 9.18 Å². The van der Waals surface area contributed by atoms with E-state index in [4.69, 9.17) is 0 Å². The molecule has 0 radical (unpaired) electrons. The molecule has 0 aliphatic carbocycles. The number of amides is 2. The maximum absolute atomic E-state index is 13.0. The van der Waals surface area contributed by atoms with Gasteiger partial charge in [0.05, 0.1) is 0 Å². The van der Waals surface area contributed by atoms with E-state index in [1.165, 1.54) is 12.1 Å². The van der Waals surface area contributed by atoms with E-state index in [-0.39, 0.29) is 11.8 Å². The van der Waals surface area contributed by atoms with Gasteiger partial charge in [-0.25, -0.2) is 9.18 Å². The van der Waals surface area contributed by atoms with Crippen molar-refractivity contribution in [2.75, 3.05) is 32.5 Å². The average Bonchev–Trinajstić information content (AvgIpc) is 2.55. The van der Waals surface area contributed by atoms with Gasteiger partial charge in [0, 0.05) is 29.8 Å². The number of anilines is 1. The molecular weight excluding hydrogens is 373 g/mol. The highest BCUT2D eigenvalue weighted by molar-refractivity contribution is 9.10. The van der Waals surface area contributed by atoms with E-state index in [1.807, 2.05) is 43.3 Å². The summed E-state index contributed by atoms with van der Waals surface area (Å²) in [5.74, 6) is -0.327. The van der Waals surface area contributed by atoms with Gasteiger partial charge in [0.15, 0.2) is 0 Å². The van der Waals surface area contributed by atoms with Crippen LogP contribution in [0.3, 0.4) is 0 Å². The summed E-state index contributed by atoms with van der Waals surface area (Å²) in [6.45, 7) is 1.86. The first-order chi connectivity index (χ1) is 11.4. The summed E-state index contributed by atoms with van der Waals surface area (Å²) >= 11 is 3.41. The first kappa shape index (κ1) is 18.4. The molecule has 2 aromatic carbocycles. The summed E-state index contributed by atoms with van der Waals surface area (Å²) < 4.78 is 14.0. The number of nitrogens with one attached hydrogen (secondary N) is 1. The van der Waals surface area contributed by atoms with Crippen LogP contribution in [0.2, 0.25) is 0 Å². The number of rotatable bonds is 6. The Bertz CT molecular complexity index is 659. The normalized spacial score (nSPS) is 10.7. The average molecular weight is 394 g/mol. The highest BCUT2D eigenvalue weighted by atomic mass is 79.9. The van der Waals surface area contributed by atoms with Crippen LogP contribution in [-0.2, 0) is 6.54 Å². The van der Waals surface area contributed by atoms with Crippen LogP contribution in [0.5, 0.6) is 0 Å². The highest BCUT2D eigenvalue weighted by Gasteiger charge is 2.14. The number of hydrogen-bond acceptors (Lipinski definition) is 2. The molecule has 0 atom stereocenters. The smallest absolute Gasteiger partial charge is 0.319 e. The first-order valence-electron chi connectivity index (χ1n) is 7.65. The molecule has 4 nitrogen and oxygen atoms in total. The van der Waals surface area contributed by atoms with Crippen LogP contribution >= 0.6 is 15.9 Å². The highest BCUT2D eigenvalue weighted by Crippen LogP contribution is 2.14. The summed E-state index contributed by atoms with van der Waals surface area (Å²) in [6, 6.07) is 13.4. The van der Waals surface area contributed by atoms with Crippen molar-refractivity contribution in [1.82, 2.24) is 9.80 Å². The molecule has 2 aromatic rings. The van der Waals surface area contributed by atoms with Crippen molar-refractivity contribution in [2.45, 2.75) is 6.54 Å². The molecular formula is C18H21BrFN3O. The van der Waals surface area contributed by atoms with Gasteiger partial charge < -0.3 is 15.1 Å². The zero-order valence-corrected chi connectivity index (χ0v) is 15.4. The molecule has 24 heavy (non-hydrogen) atoms. The molecule has 1 N–H and O–H groups in total. The van der Waals surface area contributed by atoms with E-state index in [2.05, 4.69) is 21.2 Å². The summed E-state index contributed by atoms with van der Waals surface area (Å²) in [5, 5.41) is 2.82. The van der Waals surface area contributed by atoms with E-state index in [1.54, 1.807) is 17.0 Å². The Balaban J connectivity index is 2.07. The van der Waals surface area contributed by atoms with Crippen molar-refractivity contribution in [1.29, 1.82) is 0 Å². The van der Waals surface area contributed by atoms with Crippen molar-refractivity contribution >= 4 is 27.6 Å². The molecule has 6 heteroatoms. The third-order valence-electron chi connectivity index (χ3n) is 3.49. The SMILES string of the molecule is CN(C)CCN(Cc1ccc(Br)cc1)C(=O)Nc1ccc(F)cc1. The van der Waals surface area contributed by atoms with Gasteiger partial charge in [0.25, 0.3) is 0 Å². The minimum Gasteiger partial charge on any atom is -0.319 e. The molecule has 2 amide bonds. The summed E-state index contributed by atoms with van der Waals surface area (Å²) in [5.41, 5.74) is 1.62. The predicted molar refractivity (Wildman–Crippen MR) is 98.5 cm³/mol. The Kier molecular flexibility index (Phi) is 6.75. The van der Waals surface area contributed by atoms with Crippen molar-refractivity contribution in [3.05, 3.63) is 64.4 Å². The Labute approximate surface area is 150 Å². The van der Waals surface area contributed by atoms with Gasteiger partial charge in [-0.15, -0.1) is 0 Å². The standard InChI is InChI=1S/C18H21BrFN3O/c1-22(2)11-12-23(13-14-3-5-15(19)6-4-14)18(24)21-17-9-7-16(20)8-10-17/h3-10H,11-13H2,1-2H3,(H,21,24). The second kappa shape index (κ2) is 8.80. The van der Waals surface area contributed by atoms with Gasteiger partial charge in [0.2, 0.25) is 0 Å². The molecule has 0 saturated heterocycles. The first-order valence-corrected chi connectivity index (χ1v) is 8.44. The van der Waals surface area contributed by atoms with Crippen LogP contribution in [0, 0.1) is 5.82 Å². The molecule has 0 aliphatic heterocycles. The quantitative estimate of drug-likeness (QED) is 0.798. The van der Waals surface area contributed by atoms with Crippen LogP contribution in [0.1, 0.15) is 5.56 Å². The fourth-order valence-corrected chi connectivity index (χ4v) is 2.38. The van der Waals surface area contributed by atoms with E-state index < -0.39 is 0 Å². The number of urea groups is 1. The number of likely N-dealkylation sites (N-methyl/N-ethyl adjacent to an activating group) is 1. The minimum absolute atomic E-state index is 0.202. The third-order valence-corrected chi connectivity index (χ3v) is 4.02. The lowest BCUT2D eigenvalue weighted by atomic mass is 10.2. The monoisotopic (exact) mass is 393 g/mol. The maximum atomic E-state index is 13.0. The Morgan fingerprint density at radius 1 is 1.04 bits per heavy atom. The molecule has 0 saturated carbocycles. The number of benzene rings is 2. The topological polar surface area (TPSA) is 35.6 Å². The van der Waals surface area contributed by atoms with Crippen LogP contribution in [0.15, 0.2) is 53.0 Å². The second-order valence-corrected chi connectivity index (χ2v) is 6.70. The minimum atomic E-state index is -0.327. The molecule has 0 unspecified atom stereocenters. The fourth-order valence-electron chi connectivity index (χ4n) is 2.12. The molecule has 0 bridgehead atoms. The molecule has 128 valence electrons. The number of hydrogen-bond donors (Lipinski definition) is 1. The van der Waals surface area contributed by atoms with E-state index in [0.29, 0.717) is 18.8 Å². The zero-order chi connectivity index (χ0) is 17.5. The Hall–Kier alpha value is -1.92. The number of nitrogens with zero attached hydrogens (tertiary/aromatic N) is 2. The number of carbonyl (C=O) groups excluding carboxylic acids is 1. The van der Waals surface area contributed by atoms with Crippen molar-refractivity contribution in [3.63, 3.8) is 0 Å². The number of carbonyl (C=O) groups is 1. The second-order valence-electron chi connectivity index (χ2n) is 5.79. The summed E-state index contributed by atoms with van der Waals surface area (Å²) in [6.07, 6.45) is 0. The van der Waals surface area contributed by atoms with Crippen LogP contribution < -0.4 is 5.32 Å². The lowest BCUT2D eigenvalue weighted by Crippen LogP contribution is -2.39. The van der Waals surface area contributed by atoms with Gasteiger partial charge in [-0.3, -0.25) is 0 Å². The largest absolute Gasteiger partial charge is 0.322 e. The van der Waals surface area contributed by atoms with Crippen LogP contribution in [0.25, 0.3) is 0 Å². The molecule has 0 fully saturated rings. The maximum Gasteiger partial charge on any atom is 0.322 e. The predicted octanol–water partition coefficient (Wildman–Crippen LogP) is 4.18. The summed E-state index contributed by atoms with van der Waals surface area (Å²) in [4.78, 5) is 16.3. The fraction of sp³-hybridized carbons (Fsp3) is 0.278. The lowest BCUT2D eigenvalue weighted by Gasteiger charge is -2.25. The third kappa shape index (κ3) is 5.94. The van der Waals surface area contributed by atoms with Crippen molar-refractivity contribution in [2.24, 2.45) is 0 Å². The Morgan fingerprint density at radius 2 is 1.67 bits per heavy atom. The van der Waals surface area contributed by atoms with Gasteiger partial charge in [-0.1, -0.05) is 28.1 Å². The number of halogens is 2. The molecule has 2 rings (SSSR count). The molecule has 0 spiro atoms. The van der Waals surface area contributed by atoms with Gasteiger partial charge in [-0.05, 0) is 56.1 Å². The van der Waals surface area contributed by atoms with E-state index >= 15 is 0 Å². The van der Waals surface area contributed by atoms with Gasteiger partial charge in [0.1, 0.15) is 5.82 Å². The van der Waals surface area contributed by atoms with Gasteiger partial charge >= 0.3 is 6.03 Å². The summed E-state index contributed by atoms with van der Waals surface area (Å²) in [7, 11) is 3.94. The lowest BCUT2D eigenvalue weighted by molar-refractivity contribution is 0.202. The molecule has 0 aromatic heterocycles. The molecule has 0 aliphatic rings. The zero-order valence-electron chi connectivity index (χ0n) is 13.8.